The second-order valence-electron chi connectivity index (χ2n) is 7.59. The van der Waals surface area contributed by atoms with Crippen LogP contribution in [0.4, 0.5) is 11.4 Å². The molecule has 1 aromatic carbocycles. The maximum absolute atomic E-state index is 7.77. The molecule has 132 valence electrons. The Morgan fingerprint density at radius 1 is 1.12 bits per heavy atom. The number of aliphatic imine (C=N–C) groups is 1. The van der Waals surface area contributed by atoms with Gasteiger partial charge in [-0.1, -0.05) is 25.3 Å². The number of rotatable bonds is 5. The standard InChI is InChI=1S/C21H28N4/c22-12-17(13-23-18-7-4-8-18)21-14-24-19-10-9-16(11-20(19)25-21)15-5-2-1-3-6-15/h9-15,18,21-23,25H,1-8H2/b17-13+,22-12?. The highest BCUT2D eigenvalue weighted by atomic mass is 15.0. The Kier molecular flexibility index (Phi) is 4.86. The molecule has 3 N–H and O–H groups in total. The van der Waals surface area contributed by atoms with Crippen molar-refractivity contribution in [3.8, 4) is 0 Å². The van der Waals surface area contributed by atoms with Crippen LogP contribution in [-0.2, 0) is 0 Å². The molecule has 1 aliphatic heterocycles. The van der Waals surface area contributed by atoms with Gasteiger partial charge in [0.05, 0.1) is 17.4 Å². The van der Waals surface area contributed by atoms with E-state index in [-0.39, 0.29) is 6.04 Å². The minimum absolute atomic E-state index is 0.0285. The third-order valence-electron chi connectivity index (χ3n) is 5.89. The molecule has 3 aliphatic rings. The maximum Gasteiger partial charge on any atom is 0.0899 e. The molecule has 0 aromatic heterocycles. The van der Waals surface area contributed by atoms with Gasteiger partial charge in [-0.05, 0) is 55.7 Å². The molecule has 0 radical (unpaired) electrons. The van der Waals surface area contributed by atoms with Crippen LogP contribution in [0.15, 0.2) is 35.0 Å². The highest BCUT2D eigenvalue weighted by Crippen LogP contribution is 2.37. The first kappa shape index (κ1) is 16.4. The lowest BCUT2D eigenvalue weighted by Crippen LogP contribution is -2.34. The molecule has 2 aliphatic carbocycles. The topological polar surface area (TPSA) is 60.3 Å². The summed E-state index contributed by atoms with van der Waals surface area (Å²) in [6.07, 6.45) is 15.8. The minimum atomic E-state index is -0.0285. The zero-order chi connectivity index (χ0) is 17.1. The van der Waals surface area contributed by atoms with Gasteiger partial charge in [-0.25, -0.2) is 0 Å². The number of benzene rings is 1. The van der Waals surface area contributed by atoms with Crippen LogP contribution in [0.5, 0.6) is 0 Å². The number of anilines is 1. The van der Waals surface area contributed by atoms with Crippen molar-refractivity contribution in [2.75, 3.05) is 5.32 Å². The highest BCUT2D eigenvalue weighted by Gasteiger charge is 2.21. The molecule has 0 amide bonds. The number of hydrogen-bond acceptors (Lipinski definition) is 4. The Morgan fingerprint density at radius 2 is 1.96 bits per heavy atom. The van der Waals surface area contributed by atoms with Crippen LogP contribution in [-0.4, -0.2) is 24.5 Å². The van der Waals surface area contributed by atoms with Crippen molar-refractivity contribution in [2.45, 2.75) is 69.4 Å². The van der Waals surface area contributed by atoms with Gasteiger partial charge in [-0.3, -0.25) is 4.99 Å². The van der Waals surface area contributed by atoms with Gasteiger partial charge in [0, 0.05) is 30.2 Å². The molecule has 2 saturated carbocycles. The highest BCUT2D eigenvalue weighted by molar-refractivity contribution is 5.93. The summed E-state index contributed by atoms with van der Waals surface area (Å²) in [5.41, 5.74) is 4.48. The van der Waals surface area contributed by atoms with Crippen LogP contribution < -0.4 is 10.6 Å². The third-order valence-corrected chi connectivity index (χ3v) is 5.89. The van der Waals surface area contributed by atoms with Crippen LogP contribution in [0.25, 0.3) is 0 Å². The Morgan fingerprint density at radius 3 is 2.68 bits per heavy atom. The summed E-state index contributed by atoms with van der Waals surface area (Å²) in [5, 5.41) is 14.8. The summed E-state index contributed by atoms with van der Waals surface area (Å²) in [7, 11) is 0. The number of fused-ring (bicyclic) bond motifs is 1. The summed E-state index contributed by atoms with van der Waals surface area (Å²) in [4.78, 5) is 4.63. The predicted molar refractivity (Wildman–Crippen MR) is 105 cm³/mol. The molecular weight excluding hydrogens is 308 g/mol. The normalized spacial score (nSPS) is 24.2. The van der Waals surface area contributed by atoms with Crippen molar-refractivity contribution in [1.29, 1.82) is 5.41 Å². The molecule has 1 unspecified atom stereocenters. The maximum atomic E-state index is 7.77. The fraction of sp³-hybridized carbons (Fsp3) is 0.524. The molecule has 1 atom stereocenters. The van der Waals surface area contributed by atoms with Crippen LogP contribution in [0.3, 0.4) is 0 Å². The predicted octanol–water partition coefficient (Wildman–Crippen LogP) is 4.91. The average molecular weight is 336 g/mol. The smallest absolute Gasteiger partial charge is 0.0899 e. The van der Waals surface area contributed by atoms with Crippen molar-refractivity contribution in [2.24, 2.45) is 4.99 Å². The Hall–Kier alpha value is -2.10. The molecule has 0 bridgehead atoms. The Labute approximate surface area is 150 Å². The first-order valence-electron chi connectivity index (χ1n) is 9.75. The lowest BCUT2D eigenvalue weighted by molar-refractivity contribution is 0.372. The van der Waals surface area contributed by atoms with E-state index in [1.165, 1.54) is 63.1 Å². The van der Waals surface area contributed by atoms with Gasteiger partial charge in [0.25, 0.3) is 0 Å². The quantitative estimate of drug-likeness (QED) is 0.669. The summed E-state index contributed by atoms with van der Waals surface area (Å²) in [5.74, 6) is 0.697. The van der Waals surface area contributed by atoms with Crippen molar-refractivity contribution >= 4 is 23.8 Å². The van der Waals surface area contributed by atoms with E-state index in [1.54, 1.807) is 0 Å². The van der Waals surface area contributed by atoms with Gasteiger partial charge in [0.2, 0.25) is 0 Å². The molecule has 2 fully saturated rings. The van der Waals surface area contributed by atoms with Crippen molar-refractivity contribution < 1.29 is 0 Å². The fourth-order valence-corrected chi connectivity index (χ4v) is 4.01. The third kappa shape index (κ3) is 3.63. The van der Waals surface area contributed by atoms with Gasteiger partial charge in [0.15, 0.2) is 0 Å². The molecule has 4 rings (SSSR count). The fourth-order valence-electron chi connectivity index (χ4n) is 4.01. The van der Waals surface area contributed by atoms with E-state index >= 15 is 0 Å². The summed E-state index contributed by atoms with van der Waals surface area (Å²) in [6.45, 7) is 0. The molecule has 0 saturated heterocycles. The average Bonchev–Trinajstić information content (AvgIpc) is 2.63. The first-order chi connectivity index (χ1) is 12.3. The monoisotopic (exact) mass is 336 g/mol. The summed E-state index contributed by atoms with van der Waals surface area (Å²) in [6, 6.07) is 7.23. The van der Waals surface area contributed by atoms with E-state index in [9.17, 15) is 0 Å². The van der Waals surface area contributed by atoms with Crippen LogP contribution in [0.2, 0.25) is 0 Å². The van der Waals surface area contributed by atoms with Gasteiger partial charge in [-0.15, -0.1) is 0 Å². The van der Waals surface area contributed by atoms with E-state index in [0.29, 0.717) is 12.0 Å². The van der Waals surface area contributed by atoms with Crippen LogP contribution in [0.1, 0.15) is 62.8 Å². The van der Waals surface area contributed by atoms with Crippen molar-refractivity contribution in [3.63, 3.8) is 0 Å². The molecule has 4 nitrogen and oxygen atoms in total. The number of nitrogens with one attached hydrogen (secondary N) is 3. The van der Waals surface area contributed by atoms with Gasteiger partial charge >= 0.3 is 0 Å². The zero-order valence-electron chi connectivity index (χ0n) is 14.8. The molecule has 4 heteroatoms. The Bertz CT molecular complexity index is 681. The van der Waals surface area contributed by atoms with E-state index in [2.05, 4.69) is 33.8 Å². The van der Waals surface area contributed by atoms with Gasteiger partial charge in [-0.2, -0.15) is 0 Å². The number of nitrogens with zero attached hydrogens (tertiary/aromatic N) is 1. The van der Waals surface area contributed by atoms with Crippen LogP contribution in [0, 0.1) is 5.41 Å². The van der Waals surface area contributed by atoms with Crippen molar-refractivity contribution in [3.05, 3.63) is 35.5 Å². The summed E-state index contributed by atoms with van der Waals surface area (Å²) >= 11 is 0. The van der Waals surface area contributed by atoms with Gasteiger partial charge in [0.1, 0.15) is 0 Å². The largest absolute Gasteiger partial charge is 0.388 e. The minimum Gasteiger partial charge on any atom is -0.388 e. The Balaban J connectivity index is 1.49. The van der Waals surface area contributed by atoms with E-state index in [1.807, 2.05) is 12.4 Å². The van der Waals surface area contributed by atoms with E-state index in [0.717, 1.165) is 16.9 Å². The molecule has 1 aromatic rings. The molecule has 1 heterocycles. The lowest BCUT2D eigenvalue weighted by atomic mass is 9.84. The molecule has 0 spiro atoms. The van der Waals surface area contributed by atoms with E-state index < -0.39 is 0 Å². The molecular formula is C21H28N4. The number of hydrogen-bond donors (Lipinski definition) is 3. The second kappa shape index (κ2) is 7.42. The van der Waals surface area contributed by atoms with Crippen LogP contribution >= 0.6 is 0 Å². The SMILES string of the molecule is N=C/C(=C\NC1CCC1)C1C=Nc2ccc(C3CCCCC3)cc2N1. The van der Waals surface area contributed by atoms with Gasteiger partial charge < -0.3 is 16.0 Å². The van der Waals surface area contributed by atoms with Crippen molar-refractivity contribution in [1.82, 2.24) is 5.32 Å². The van der Waals surface area contributed by atoms with E-state index in [4.69, 9.17) is 5.41 Å². The first-order valence-corrected chi connectivity index (χ1v) is 9.75. The zero-order valence-corrected chi connectivity index (χ0v) is 14.8. The second-order valence-corrected chi connectivity index (χ2v) is 7.59. The molecule has 25 heavy (non-hydrogen) atoms. The summed E-state index contributed by atoms with van der Waals surface area (Å²) < 4.78 is 0. The lowest BCUT2D eigenvalue weighted by Gasteiger charge is -2.28.